The molecule has 2 aromatic rings. The Bertz CT molecular complexity index is 719. The molecule has 0 aromatic heterocycles. The Morgan fingerprint density at radius 3 is 1.96 bits per heavy atom. The normalized spacial score (nSPS) is 11.5. The highest BCUT2D eigenvalue weighted by atomic mass is 16.5. The van der Waals surface area contributed by atoms with Gasteiger partial charge < -0.3 is 14.6 Å². The standard InChI is InChI=1S/C17H16N2O4/c1-22-14-7-3-12(4-8-14)17(21)16(11-20)19-18-13-5-9-15(23-2)10-6-13/h3-11,20H,1-2H3. The van der Waals surface area contributed by atoms with Gasteiger partial charge in [-0.25, -0.2) is 0 Å². The number of aliphatic hydroxyl groups is 1. The van der Waals surface area contributed by atoms with Crippen LogP contribution in [0.4, 0.5) is 5.69 Å². The number of nitrogens with zero attached hydrogens (tertiary/aromatic N) is 2. The zero-order valence-electron chi connectivity index (χ0n) is 12.8. The molecule has 118 valence electrons. The molecule has 0 saturated heterocycles. The van der Waals surface area contributed by atoms with E-state index in [1.165, 1.54) is 0 Å². The van der Waals surface area contributed by atoms with Gasteiger partial charge in [0.25, 0.3) is 0 Å². The van der Waals surface area contributed by atoms with Gasteiger partial charge in [-0.3, -0.25) is 4.79 Å². The van der Waals surface area contributed by atoms with E-state index in [1.807, 2.05) is 0 Å². The lowest BCUT2D eigenvalue weighted by molar-refractivity contribution is 0.102. The fourth-order valence-electron chi connectivity index (χ4n) is 1.78. The summed E-state index contributed by atoms with van der Waals surface area (Å²) in [6.07, 6.45) is 0.638. The summed E-state index contributed by atoms with van der Waals surface area (Å²) in [5.74, 6) is 0.888. The lowest BCUT2D eigenvalue weighted by Crippen LogP contribution is -2.01. The Morgan fingerprint density at radius 2 is 1.48 bits per heavy atom. The molecule has 0 radical (unpaired) electrons. The molecule has 0 atom stereocenters. The molecule has 0 heterocycles. The maximum absolute atomic E-state index is 12.3. The summed E-state index contributed by atoms with van der Waals surface area (Å²) in [5, 5.41) is 17.0. The number of carbonyl (C=O) groups excluding carboxylic acids is 1. The second-order valence-electron chi connectivity index (χ2n) is 4.47. The lowest BCUT2D eigenvalue weighted by Gasteiger charge is -2.02. The van der Waals surface area contributed by atoms with E-state index in [0.717, 1.165) is 0 Å². The SMILES string of the molecule is COc1ccc(N=NC(=CO)C(=O)c2ccc(OC)cc2)cc1. The van der Waals surface area contributed by atoms with E-state index < -0.39 is 5.78 Å². The number of allylic oxidation sites excluding steroid dienone is 1. The fourth-order valence-corrected chi connectivity index (χ4v) is 1.78. The summed E-state index contributed by atoms with van der Waals surface area (Å²) in [7, 11) is 3.11. The number of rotatable bonds is 6. The molecule has 0 saturated carbocycles. The van der Waals surface area contributed by atoms with E-state index >= 15 is 0 Å². The fraction of sp³-hybridized carbons (Fsp3) is 0.118. The van der Waals surface area contributed by atoms with Crippen molar-refractivity contribution in [2.45, 2.75) is 0 Å². The molecule has 1 N–H and O–H groups in total. The van der Waals surface area contributed by atoms with Crippen molar-refractivity contribution < 1.29 is 19.4 Å². The van der Waals surface area contributed by atoms with Gasteiger partial charge in [0.15, 0.2) is 5.70 Å². The van der Waals surface area contributed by atoms with Gasteiger partial charge in [-0.05, 0) is 48.5 Å². The first-order valence-electron chi connectivity index (χ1n) is 6.77. The van der Waals surface area contributed by atoms with Crippen molar-refractivity contribution >= 4 is 11.5 Å². The second kappa shape index (κ2) is 7.74. The largest absolute Gasteiger partial charge is 0.513 e. The highest BCUT2D eigenvalue weighted by Gasteiger charge is 2.12. The quantitative estimate of drug-likeness (QED) is 0.377. The van der Waals surface area contributed by atoms with Crippen LogP contribution in [0.25, 0.3) is 0 Å². The second-order valence-corrected chi connectivity index (χ2v) is 4.47. The average Bonchev–Trinajstić information content (AvgIpc) is 2.62. The van der Waals surface area contributed by atoms with Crippen LogP contribution in [0.5, 0.6) is 11.5 Å². The van der Waals surface area contributed by atoms with Crippen molar-refractivity contribution in [2.24, 2.45) is 10.2 Å². The van der Waals surface area contributed by atoms with E-state index in [4.69, 9.17) is 9.47 Å². The maximum atomic E-state index is 12.3. The molecule has 0 aliphatic carbocycles. The predicted molar refractivity (Wildman–Crippen MR) is 85.5 cm³/mol. The number of azo groups is 1. The molecular formula is C17H16N2O4. The van der Waals surface area contributed by atoms with Gasteiger partial charge in [0, 0.05) is 5.56 Å². The number of hydrogen-bond acceptors (Lipinski definition) is 6. The monoisotopic (exact) mass is 312 g/mol. The molecule has 6 nitrogen and oxygen atoms in total. The van der Waals surface area contributed by atoms with Gasteiger partial charge in [0.05, 0.1) is 19.9 Å². The average molecular weight is 312 g/mol. The zero-order chi connectivity index (χ0) is 16.7. The predicted octanol–water partition coefficient (Wildman–Crippen LogP) is 4.07. The van der Waals surface area contributed by atoms with E-state index in [9.17, 15) is 9.90 Å². The van der Waals surface area contributed by atoms with Crippen molar-refractivity contribution in [1.29, 1.82) is 0 Å². The topological polar surface area (TPSA) is 80.5 Å². The van der Waals surface area contributed by atoms with Gasteiger partial charge >= 0.3 is 0 Å². The molecule has 0 bridgehead atoms. The third-order valence-electron chi connectivity index (χ3n) is 3.05. The van der Waals surface area contributed by atoms with Crippen molar-refractivity contribution in [3.63, 3.8) is 0 Å². The number of Topliss-reactive ketones (excluding diaryl/α,β-unsaturated/α-hetero) is 1. The van der Waals surface area contributed by atoms with Crippen LogP contribution in [0.1, 0.15) is 10.4 Å². The number of ether oxygens (including phenoxy) is 2. The van der Waals surface area contributed by atoms with Crippen LogP contribution in [0.2, 0.25) is 0 Å². The zero-order valence-corrected chi connectivity index (χ0v) is 12.8. The van der Waals surface area contributed by atoms with Crippen molar-refractivity contribution in [3.05, 3.63) is 66.1 Å². The van der Waals surface area contributed by atoms with Gasteiger partial charge in [0.1, 0.15) is 17.8 Å². The minimum atomic E-state index is -0.438. The number of methoxy groups -OCH3 is 2. The summed E-state index contributed by atoms with van der Waals surface area (Å²) in [4.78, 5) is 12.3. The van der Waals surface area contributed by atoms with E-state index in [1.54, 1.807) is 62.8 Å². The van der Waals surface area contributed by atoms with Crippen LogP contribution < -0.4 is 9.47 Å². The minimum absolute atomic E-state index is 0.161. The maximum Gasteiger partial charge on any atom is 0.216 e. The first kappa shape index (κ1) is 16.2. The summed E-state index contributed by atoms with van der Waals surface area (Å²) >= 11 is 0. The summed E-state index contributed by atoms with van der Waals surface area (Å²) in [6, 6.07) is 13.3. The molecule has 0 amide bonds. The molecule has 0 fully saturated rings. The van der Waals surface area contributed by atoms with E-state index in [2.05, 4.69) is 10.2 Å². The first-order chi connectivity index (χ1) is 11.2. The van der Waals surface area contributed by atoms with Crippen molar-refractivity contribution in [2.75, 3.05) is 14.2 Å². The Hall–Kier alpha value is -3.15. The Morgan fingerprint density at radius 1 is 0.957 bits per heavy atom. The van der Waals surface area contributed by atoms with E-state index in [-0.39, 0.29) is 5.70 Å². The number of carbonyl (C=O) groups is 1. The lowest BCUT2D eigenvalue weighted by atomic mass is 10.1. The van der Waals surface area contributed by atoms with Gasteiger partial charge in [-0.2, -0.15) is 5.11 Å². The van der Waals surface area contributed by atoms with Crippen LogP contribution >= 0.6 is 0 Å². The summed E-state index contributed by atoms with van der Waals surface area (Å²) in [5.41, 5.74) is 0.749. The van der Waals surface area contributed by atoms with Gasteiger partial charge in [-0.1, -0.05) is 0 Å². The molecule has 2 rings (SSSR count). The van der Waals surface area contributed by atoms with Crippen LogP contribution in [-0.4, -0.2) is 25.1 Å². The Labute approximate surface area is 133 Å². The van der Waals surface area contributed by atoms with Gasteiger partial charge in [-0.15, -0.1) is 5.11 Å². The molecule has 0 unspecified atom stereocenters. The van der Waals surface area contributed by atoms with Crippen molar-refractivity contribution in [3.8, 4) is 11.5 Å². The van der Waals surface area contributed by atoms with Crippen molar-refractivity contribution in [1.82, 2.24) is 0 Å². The highest BCUT2D eigenvalue weighted by Crippen LogP contribution is 2.20. The van der Waals surface area contributed by atoms with Crippen LogP contribution in [0.3, 0.4) is 0 Å². The number of hydrogen-bond donors (Lipinski definition) is 1. The third kappa shape index (κ3) is 4.16. The Kier molecular flexibility index (Phi) is 5.46. The molecular weight excluding hydrogens is 296 g/mol. The molecule has 6 heteroatoms. The number of benzene rings is 2. The number of aliphatic hydroxyl groups excluding tert-OH is 1. The summed E-state index contributed by atoms with van der Waals surface area (Å²) < 4.78 is 10.1. The molecule has 0 spiro atoms. The number of ketones is 1. The third-order valence-corrected chi connectivity index (χ3v) is 3.05. The van der Waals surface area contributed by atoms with E-state index in [0.29, 0.717) is 29.0 Å². The molecule has 0 aliphatic heterocycles. The van der Waals surface area contributed by atoms with Gasteiger partial charge in [0.2, 0.25) is 5.78 Å². The molecule has 0 aliphatic rings. The van der Waals surface area contributed by atoms with Crippen LogP contribution in [0, 0.1) is 0 Å². The molecule has 2 aromatic carbocycles. The Balaban J connectivity index is 2.14. The smallest absolute Gasteiger partial charge is 0.216 e. The van der Waals surface area contributed by atoms with Crippen LogP contribution in [0.15, 0.2) is 70.7 Å². The first-order valence-corrected chi connectivity index (χ1v) is 6.77. The molecule has 23 heavy (non-hydrogen) atoms. The highest BCUT2D eigenvalue weighted by molar-refractivity contribution is 6.08. The minimum Gasteiger partial charge on any atom is -0.513 e. The summed E-state index contributed by atoms with van der Waals surface area (Å²) in [6.45, 7) is 0. The van der Waals surface area contributed by atoms with Crippen LogP contribution in [-0.2, 0) is 0 Å².